The van der Waals surface area contributed by atoms with E-state index in [1.54, 1.807) is 16.8 Å². The number of aromatic nitrogens is 2. The van der Waals surface area contributed by atoms with Gasteiger partial charge in [-0.25, -0.2) is 4.68 Å². The number of hydrogen-bond donors (Lipinski definition) is 1. The van der Waals surface area contributed by atoms with Gasteiger partial charge in [0.2, 0.25) is 0 Å². The van der Waals surface area contributed by atoms with Crippen molar-refractivity contribution < 1.29 is 9.90 Å². The summed E-state index contributed by atoms with van der Waals surface area (Å²) in [6.07, 6.45) is 0. The van der Waals surface area contributed by atoms with Crippen molar-refractivity contribution in [1.29, 1.82) is 0 Å². The van der Waals surface area contributed by atoms with Crippen LogP contribution in [0.5, 0.6) is 0 Å². The maximum atomic E-state index is 10.6. The van der Waals surface area contributed by atoms with E-state index in [0.717, 1.165) is 16.4 Å². The number of thioether (sulfide) groups is 1. The topological polar surface area (TPSA) is 55.1 Å². The molecule has 4 nitrogen and oxygen atoms in total. The lowest BCUT2D eigenvalue weighted by molar-refractivity contribution is -0.133. The first-order valence-corrected chi connectivity index (χ1v) is 6.60. The fraction of sp³-hybridized carbons (Fsp3) is 0.167. The zero-order valence-corrected chi connectivity index (χ0v) is 11.2. The first-order valence-electron chi connectivity index (χ1n) is 5.23. The van der Waals surface area contributed by atoms with Crippen molar-refractivity contribution in [1.82, 2.24) is 9.78 Å². The van der Waals surface area contributed by atoms with Gasteiger partial charge in [-0.2, -0.15) is 5.10 Å². The smallest absolute Gasteiger partial charge is 0.313 e. The molecule has 18 heavy (non-hydrogen) atoms. The third-order valence-electron chi connectivity index (χ3n) is 2.21. The highest BCUT2D eigenvalue weighted by Crippen LogP contribution is 2.23. The molecule has 0 spiro atoms. The van der Waals surface area contributed by atoms with E-state index >= 15 is 0 Å². The number of rotatable bonds is 4. The van der Waals surface area contributed by atoms with E-state index in [1.807, 2.05) is 25.1 Å². The Labute approximate surface area is 114 Å². The second-order valence-electron chi connectivity index (χ2n) is 3.69. The molecule has 0 saturated heterocycles. The molecule has 2 rings (SSSR count). The molecule has 1 aromatic carbocycles. The van der Waals surface area contributed by atoms with Gasteiger partial charge in [-0.1, -0.05) is 23.4 Å². The van der Waals surface area contributed by atoms with Gasteiger partial charge in [-0.3, -0.25) is 4.79 Å². The Hall–Kier alpha value is -1.46. The Morgan fingerprint density at radius 1 is 1.44 bits per heavy atom. The zero-order valence-electron chi connectivity index (χ0n) is 9.63. The van der Waals surface area contributed by atoms with Crippen LogP contribution in [-0.2, 0) is 4.79 Å². The van der Waals surface area contributed by atoms with Crippen molar-refractivity contribution in [3.63, 3.8) is 0 Å². The molecule has 6 heteroatoms. The predicted molar refractivity (Wildman–Crippen MR) is 71.7 cm³/mol. The van der Waals surface area contributed by atoms with Gasteiger partial charge in [0.25, 0.3) is 0 Å². The number of hydrogen-bond acceptors (Lipinski definition) is 3. The molecule has 0 radical (unpaired) electrons. The van der Waals surface area contributed by atoms with Crippen LogP contribution < -0.4 is 0 Å². The molecule has 0 saturated carbocycles. The highest BCUT2D eigenvalue weighted by molar-refractivity contribution is 7.99. The first kappa shape index (κ1) is 13.0. The van der Waals surface area contributed by atoms with Crippen molar-refractivity contribution in [2.45, 2.75) is 11.9 Å². The molecule has 1 N–H and O–H groups in total. The number of benzene rings is 1. The van der Waals surface area contributed by atoms with Crippen LogP contribution >= 0.6 is 23.4 Å². The summed E-state index contributed by atoms with van der Waals surface area (Å²) in [7, 11) is 0. The molecule has 0 amide bonds. The summed E-state index contributed by atoms with van der Waals surface area (Å²) < 4.78 is 1.72. The van der Waals surface area contributed by atoms with E-state index in [9.17, 15) is 4.79 Å². The molecule has 0 aliphatic heterocycles. The molecule has 0 aliphatic carbocycles. The normalized spacial score (nSPS) is 10.6. The number of carboxylic acid groups (broad SMARTS) is 1. The molecule has 0 atom stereocenters. The summed E-state index contributed by atoms with van der Waals surface area (Å²) in [5.74, 6) is -0.833. The lowest BCUT2D eigenvalue weighted by atomic mass is 10.3. The average molecular weight is 283 g/mol. The molecular formula is C12H11ClN2O2S. The van der Waals surface area contributed by atoms with Crippen molar-refractivity contribution >= 4 is 29.3 Å². The number of carbonyl (C=O) groups is 1. The van der Waals surface area contributed by atoms with Gasteiger partial charge in [0, 0.05) is 5.02 Å². The molecule has 0 fully saturated rings. The van der Waals surface area contributed by atoms with E-state index in [4.69, 9.17) is 16.7 Å². The largest absolute Gasteiger partial charge is 0.481 e. The van der Waals surface area contributed by atoms with Crippen LogP contribution in [0.15, 0.2) is 35.4 Å². The summed E-state index contributed by atoms with van der Waals surface area (Å²) in [5, 5.41) is 14.5. The standard InChI is InChI=1S/C12H11ClN2O2S/c1-8-6-11(18-7-12(16)17)15(14-8)10-4-2-9(13)3-5-10/h2-6H,7H2,1H3,(H,16,17). The van der Waals surface area contributed by atoms with Gasteiger partial charge in [0.05, 0.1) is 17.1 Å². The zero-order chi connectivity index (χ0) is 13.1. The predicted octanol–water partition coefficient (Wildman–Crippen LogP) is 3.01. The maximum Gasteiger partial charge on any atom is 0.313 e. The molecule has 0 aliphatic rings. The Balaban J connectivity index is 2.31. The quantitative estimate of drug-likeness (QED) is 0.876. The Morgan fingerprint density at radius 2 is 2.11 bits per heavy atom. The minimum atomic E-state index is -0.846. The van der Waals surface area contributed by atoms with Gasteiger partial charge >= 0.3 is 5.97 Å². The summed E-state index contributed by atoms with van der Waals surface area (Å²) in [5.41, 5.74) is 1.71. The average Bonchev–Trinajstić information content (AvgIpc) is 2.69. The van der Waals surface area contributed by atoms with Crippen LogP contribution in [0.25, 0.3) is 5.69 Å². The van der Waals surface area contributed by atoms with Crippen LogP contribution in [0, 0.1) is 6.92 Å². The summed E-state index contributed by atoms with van der Waals surface area (Å²) in [4.78, 5) is 10.6. The fourth-order valence-corrected chi connectivity index (χ4v) is 2.40. The van der Waals surface area contributed by atoms with Crippen molar-refractivity contribution in [3.8, 4) is 5.69 Å². The Morgan fingerprint density at radius 3 is 2.72 bits per heavy atom. The Bertz CT molecular complexity index is 566. The third kappa shape index (κ3) is 3.05. The molecular weight excluding hydrogens is 272 g/mol. The summed E-state index contributed by atoms with van der Waals surface area (Å²) in [6, 6.07) is 9.11. The molecule has 1 aromatic heterocycles. The fourth-order valence-electron chi connectivity index (χ4n) is 1.48. The van der Waals surface area contributed by atoms with Crippen LogP contribution in [0.4, 0.5) is 0 Å². The minimum Gasteiger partial charge on any atom is -0.481 e. The highest BCUT2D eigenvalue weighted by atomic mass is 35.5. The third-order valence-corrected chi connectivity index (χ3v) is 3.44. The van der Waals surface area contributed by atoms with Crippen molar-refractivity contribution in [3.05, 3.63) is 41.0 Å². The van der Waals surface area contributed by atoms with Crippen molar-refractivity contribution in [2.75, 3.05) is 5.75 Å². The van der Waals surface area contributed by atoms with Gasteiger partial charge in [0.1, 0.15) is 5.03 Å². The van der Waals surface area contributed by atoms with Gasteiger partial charge < -0.3 is 5.11 Å². The van der Waals surface area contributed by atoms with Crippen molar-refractivity contribution in [2.24, 2.45) is 0 Å². The lowest BCUT2D eigenvalue weighted by Gasteiger charge is -2.06. The molecule has 2 aromatic rings. The number of aliphatic carboxylic acids is 1. The number of carboxylic acids is 1. The van der Waals surface area contributed by atoms with E-state index in [-0.39, 0.29) is 5.75 Å². The molecule has 0 bridgehead atoms. The van der Waals surface area contributed by atoms with Crippen LogP contribution in [0.2, 0.25) is 5.02 Å². The first-order chi connectivity index (χ1) is 8.56. The minimum absolute atomic E-state index is 0.0126. The second kappa shape index (κ2) is 5.46. The monoisotopic (exact) mass is 282 g/mol. The van der Waals surface area contributed by atoms with Gasteiger partial charge in [0.15, 0.2) is 0 Å². The summed E-state index contributed by atoms with van der Waals surface area (Å²) in [6.45, 7) is 1.87. The molecule has 1 heterocycles. The lowest BCUT2D eigenvalue weighted by Crippen LogP contribution is -2.02. The summed E-state index contributed by atoms with van der Waals surface area (Å²) >= 11 is 7.08. The van der Waals surface area contributed by atoms with E-state index < -0.39 is 5.97 Å². The van der Waals surface area contributed by atoms with Crippen LogP contribution in [0.1, 0.15) is 5.69 Å². The molecule has 0 unspecified atom stereocenters. The van der Waals surface area contributed by atoms with Gasteiger partial charge in [-0.15, -0.1) is 0 Å². The number of aryl methyl sites for hydroxylation is 1. The van der Waals surface area contributed by atoms with Crippen LogP contribution in [0.3, 0.4) is 0 Å². The van der Waals surface area contributed by atoms with Crippen LogP contribution in [-0.4, -0.2) is 26.6 Å². The van der Waals surface area contributed by atoms with E-state index in [1.165, 1.54) is 11.8 Å². The van der Waals surface area contributed by atoms with E-state index in [2.05, 4.69) is 5.10 Å². The Kier molecular flexibility index (Phi) is 3.93. The number of halogens is 1. The SMILES string of the molecule is Cc1cc(SCC(=O)O)n(-c2ccc(Cl)cc2)n1. The highest BCUT2D eigenvalue weighted by Gasteiger charge is 2.09. The number of nitrogens with zero attached hydrogens (tertiary/aromatic N) is 2. The maximum absolute atomic E-state index is 10.6. The molecule has 94 valence electrons. The van der Waals surface area contributed by atoms with E-state index in [0.29, 0.717) is 5.02 Å². The van der Waals surface area contributed by atoms with Gasteiger partial charge in [-0.05, 0) is 37.3 Å². The second-order valence-corrected chi connectivity index (χ2v) is 5.13.